The van der Waals surface area contributed by atoms with E-state index >= 15 is 0 Å². The number of carbonyl (C=O) groups excluding carboxylic acids is 1. The fraction of sp³-hybridized carbons (Fsp3) is 0.0714. The second-order valence-corrected chi connectivity index (χ2v) is 6.07. The molecule has 0 saturated heterocycles. The Kier molecular flexibility index (Phi) is 4.31. The lowest BCUT2D eigenvalue weighted by molar-refractivity contribution is 0.258. The zero-order valence-electron chi connectivity index (χ0n) is 11.6. The van der Waals surface area contributed by atoms with Crippen LogP contribution in [0.2, 0.25) is 0 Å². The third-order valence-corrected chi connectivity index (χ3v) is 4.31. The van der Waals surface area contributed by atoms with Crippen LogP contribution in [-0.2, 0) is 0 Å². The van der Waals surface area contributed by atoms with E-state index in [1.54, 1.807) is 19.4 Å². The first-order valence-electron chi connectivity index (χ1n) is 6.35. The molecule has 0 spiro atoms. The van der Waals surface area contributed by atoms with Gasteiger partial charge >= 0.3 is 6.03 Å². The molecule has 2 aromatic heterocycles. The first-order chi connectivity index (χ1) is 10.7. The van der Waals surface area contributed by atoms with Gasteiger partial charge in [0.25, 0.3) is 0 Å². The van der Waals surface area contributed by atoms with Gasteiger partial charge in [0.1, 0.15) is 5.75 Å². The first kappa shape index (κ1) is 14.5. The third kappa shape index (κ3) is 3.41. The predicted octanol–water partition coefficient (Wildman–Crippen LogP) is 4.06. The summed E-state index contributed by atoms with van der Waals surface area (Å²) in [5.74, 6) is 0.726. The summed E-state index contributed by atoms with van der Waals surface area (Å²) in [4.78, 5) is 21.7. The molecule has 1 N–H and O–H groups in total. The van der Waals surface area contributed by atoms with Crippen LogP contribution in [0.4, 0.5) is 15.1 Å². The molecule has 22 heavy (non-hydrogen) atoms. The van der Waals surface area contributed by atoms with Crippen LogP contribution in [-0.4, -0.2) is 23.0 Å². The minimum absolute atomic E-state index is 0.296. The fourth-order valence-electron chi connectivity index (χ4n) is 1.61. The van der Waals surface area contributed by atoms with E-state index in [0.29, 0.717) is 15.3 Å². The first-order valence-corrected chi connectivity index (χ1v) is 8.05. The molecule has 8 heteroatoms. The smallest absolute Gasteiger partial charge is 0.329 e. The number of nitrogens with one attached hydrogen (secondary N) is 1. The zero-order chi connectivity index (χ0) is 15.4. The second-order valence-electron chi connectivity index (χ2n) is 4.20. The molecule has 0 atom stereocenters. The van der Waals surface area contributed by atoms with Gasteiger partial charge in [-0.2, -0.15) is 0 Å². The third-order valence-electron chi connectivity index (χ3n) is 2.67. The Morgan fingerprint density at radius 1 is 1.27 bits per heavy atom. The highest BCUT2D eigenvalue weighted by Crippen LogP contribution is 2.30. The van der Waals surface area contributed by atoms with Gasteiger partial charge < -0.3 is 4.74 Å². The molecule has 6 nitrogen and oxygen atoms in total. The van der Waals surface area contributed by atoms with Gasteiger partial charge in [-0.25, -0.2) is 14.8 Å². The minimum Gasteiger partial charge on any atom is -0.445 e. The summed E-state index contributed by atoms with van der Waals surface area (Å²) in [6, 6.07) is 9.11. The van der Waals surface area contributed by atoms with E-state index in [0.717, 1.165) is 5.75 Å². The van der Waals surface area contributed by atoms with Gasteiger partial charge in [0.15, 0.2) is 10.3 Å². The van der Waals surface area contributed by atoms with Gasteiger partial charge in [-0.3, -0.25) is 10.2 Å². The van der Waals surface area contributed by atoms with Gasteiger partial charge in [0, 0.05) is 18.6 Å². The highest BCUT2D eigenvalue weighted by molar-refractivity contribution is 7.17. The molecule has 0 radical (unpaired) electrons. The highest BCUT2D eigenvalue weighted by atomic mass is 32.1. The number of nitrogens with zero attached hydrogens (tertiary/aromatic N) is 3. The van der Waals surface area contributed by atoms with E-state index in [1.807, 2.05) is 35.7 Å². The summed E-state index contributed by atoms with van der Waals surface area (Å²) in [6.07, 6.45) is 3.23. The molecule has 0 fully saturated rings. The quantitative estimate of drug-likeness (QED) is 0.782. The maximum Gasteiger partial charge on any atom is 0.329 e. The number of aromatic nitrogens is 2. The van der Waals surface area contributed by atoms with Gasteiger partial charge in [0.05, 0.1) is 6.20 Å². The number of ether oxygens (including phenoxy) is 1. The van der Waals surface area contributed by atoms with Crippen molar-refractivity contribution in [3.8, 4) is 10.8 Å². The molecule has 0 saturated carbocycles. The Hall–Kier alpha value is -2.45. The standard InChI is InChI=1S/C14H12N4O2S2/c1-18(14-15-7-8-21-14)13(19)17-12-16-9-11(22-12)20-10-5-3-2-4-6-10/h2-9H,1H3,(H,16,17,19). The van der Waals surface area contributed by atoms with Crippen LogP contribution in [0, 0.1) is 0 Å². The molecule has 2 heterocycles. The normalized spacial score (nSPS) is 10.2. The topological polar surface area (TPSA) is 67.4 Å². The Labute approximate surface area is 135 Å². The van der Waals surface area contributed by atoms with Crippen molar-refractivity contribution >= 4 is 39.0 Å². The predicted molar refractivity (Wildman–Crippen MR) is 88.2 cm³/mol. The Bertz CT molecular complexity index is 743. The van der Waals surface area contributed by atoms with Crippen molar-refractivity contribution in [3.05, 3.63) is 48.1 Å². The lowest BCUT2D eigenvalue weighted by atomic mass is 10.3. The number of anilines is 2. The molecule has 2 amide bonds. The fourth-order valence-corrected chi connectivity index (χ4v) is 2.90. The number of benzene rings is 1. The van der Waals surface area contributed by atoms with Crippen molar-refractivity contribution in [1.82, 2.24) is 9.97 Å². The van der Waals surface area contributed by atoms with Crippen molar-refractivity contribution in [2.75, 3.05) is 17.3 Å². The van der Waals surface area contributed by atoms with Gasteiger partial charge in [0.2, 0.25) is 5.06 Å². The van der Waals surface area contributed by atoms with Crippen LogP contribution < -0.4 is 15.0 Å². The molecule has 112 valence electrons. The average Bonchev–Trinajstić information content (AvgIpc) is 3.19. The largest absolute Gasteiger partial charge is 0.445 e. The maximum atomic E-state index is 12.1. The Balaban J connectivity index is 1.63. The SMILES string of the molecule is CN(C(=O)Nc1ncc(Oc2ccccc2)s1)c1nccs1. The van der Waals surface area contributed by atoms with Crippen molar-refractivity contribution in [2.24, 2.45) is 0 Å². The summed E-state index contributed by atoms with van der Waals surface area (Å²) in [6.45, 7) is 0. The number of para-hydroxylation sites is 1. The molecular weight excluding hydrogens is 320 g/mol. The van der Waals surface area contributed by atoms with Crippen LogP contribution in [0.15, 0.2) is 48.1 Å². The van der Waals surface area contributed by atoms with E-state index in [-0.39, 0.29) is 6.03 Å². The maximum absolute atomic E-state index is 12.1. The van der Waals surface area contributed by atoms with Crippen LogP contribution in [0.3, 0.4) is 0 Å². The molecule has 0 aliphatic rings. The summed E-state index contributed by atoms with van der Waals surface area (Å²) >= 11 is 2.65. The molecule has 0 aliphatic carbocycles. The van der Waals surface area contributed by atoms with E-state index in [4.69, 9.17) is 4.74 Å². The number of thiazole rings is 2. The minimum atomic E-state index is -0.296. The second kappa shape index (κ2) is 6.54. The number of rotatable bonds is 4. The van der Waals surface area contributed by atoms with Gasteiger partial charge in [-0.05, 0) is 12.1 Å². The number of carbonyl (C=O) groups is 1. The lowest BCUT2D eigenvalue weighted by Gasteiger charge is -2.12. The molecule has 3 rings (SSSR count). The van der Waals surface area contributed by atoms with E-state index < -0.39 is 0 Å². The highest BCUT2D eigenvalue weighted by Gasteiger charge is 2.15. The van der Waals surface area contributed by atoms with Crippen LogP contribution >= 0.6 is 22.7 Å². The van der Waals surface area contributed by atoms with Crippen molar-refractivity contribution < 1.29 is 9.53 Å². The molecule has 0 aliphatic heterocycles. The van der Waals surface area contributed by atoms with Gasteiger partial charge in [-0.1, -0.05) is 29.5 Å². The van der Waals surface area contributed by atoms with Crippen molar-refractivity contribution in [2.45, 2.75) is 0 Å². The Morgan fingerprint density at radius 2 is 2.09 bits per heavy atom. The summed E-state index contributed by atoms with van der Waals surface area (Å²) in [5, 5.41) is 6.23. The van der Waals surface area contributed by atoms with E-state index in [1.165, 1.54) is 27.6 Å². The number of amides is 2. The number of hydrogen-bond donors (Lipinski definition) is 1. The monoisotopic (exact) mass is 332 g/mol. The molecule has 1 aromatic carbocycles. The zero-order valence-corrected chi connectivity index (χ0v) is 13.2. The molecule has 0 unspecified atom stereocenters. The van der Waals surface area contributed by atoms with Crippen molar-refractivity contribution in [1.29, 1.82) is 0 Å². The van der Waals surface area contributed by atoms with Crippen LogP contribution in [0.25, 0.3) is 0 Å². The summed E-state index contributed by atoms with van der Waals surface area (Å²) < 4.78 is 5.65. The lowest BCUT2D eigenvalue weighted by Crippen LogP contribution is -2.30. The molecular formula is C14H12N4O2S2. The summed E-state index contributed by atoms with van der Waals surface area (Å²) in [5.41, 5.74) is 0. The number of urea groups is 1. The van der Waals surface area contributed by atoms with Crippen molar-refractivity contribution in [3.63, 3.8) is 0 Å². The van der Waals surface area contributed by atoms with E-state index in [9.17, 15) is 4.79 Å². The van der Waals surface area contributed by atoms with Gasteiger partial charge in [-0.15, -0.1) is 11.3 Å². The summed E-state index contributed by atoms with van der Waals surface area (Å²) in [7, 11) is 1.66. The average molecular weight is 332 g/mol. The van der Waals surface area contributed by atoms with Crippen LogP contribution in [0.1, 0.15) is 0 Å². The number of hydrogen-bond acceptors (Lipinski definition) is 6. The molecule has 3 aromatic rings. The molecule has 0 bridgehead atoms. The Morgan fingerprint density at radius 3 is 2.82 bits per heavy atom. The van der Waals surface area contributed by atoms with E-state index in [2.05, 4.69) is 15.3 Å². The van der Waals surface area contributed by atoms with Crippen LogP contribution in [0.5, 0.6) is 10.8 Å².